The van der Waals surface area contributed by atoms with Gasteiger partial charge in [0.05, 0.1) is 15.9 Å². The molecule has 0 atom stereocenters. The van der Waals surface area contributed by atoms with E-state index < -0.39 is 0 Å². The quantitative estimate of drug-likeness (QED) is 0.520. The van der Waals surface area contributed by atoms with Crippen LogP contribution in [0.2, 0.25) is 5.15 Å². The van der Waals surface area contributed by atoms with Crippen molar-refractivity contribution in [3.8, 4) is 0 Å². The predicted molar refractivity (Wildman–Crippen MR) is 78.4 cm³/mol. The van der Waals surface area contributed by atoms with Crippen LogP contribution in [-0.4, -0.2) is 9.97 Å². The lowest BCUT2D eigenvalue weighted by Crippen LogP contribution is -1.85. The third-order valence-electron chi connectivity index (χ3n) is 2.39. The molecular weight excluding hydrogens is 284 g/mol. The third-order valence-corrected chi connectivity index (χ3v) is 4.81. The van der Waals surface area contributed by atoms with Crippen LogP contribution in [-0.2, 0) is 5.75 Å². The second-order valence-corrected chi connectivity index (χ2v) is 6.33. The number of fused-ring (bicyclic) bond motifs is 1. The van der Waals surface area contributed by atoms with Crippen molar-refractivity contribution >= 4 is 44.9 Å². The van der Waals surface area contributed by atoms with Crippen LogP contribution in [0.15, 0.2) is 46.8 Å². The molecule has 2 aromatic heterocycles. The highest BCUT2D eigenvalue weighted by molar-refractivity contribution is 8.00. The fourth-order valence-corrected chi connectivity index (χ4v) is 3.73. The first kappa shape index (κ1) is 12.0. The number of halogens is 1. The normalized spacial score (nSPS) is 10.9. The number of thiazole rings is 1. The Kier molecular flexibility index (Phi) is 3.50. The van der Waals surface area contributed by atoms with E-state index in [0.717, 1.165) is 21.3 Å². The van der Waals surface area contributed by atoms with Crippen LogP contribution in [0.4, 0.5) is 0 Å². The second-order valence-electron chi connectivity index (χ2n) is 3.69. The van der Waals surface area contributed by atoms with Crippen molar-refractivity contribution in [3.05, 3.63) is 53.3 Å². The fourth-order valence-electron chi connectivity index (χ4n) is 1.58. The largest absolute Gasteiger partial charge is 0.240 e. The minimum atomic E-state index is 0.539. The molecule has 0 aliphatic carbocycles. The maximum atomic E-state index is 5.86. The molecule has 0 aliphatic rings. The molecule has 0 radical (unpaired) electrons. The Morgan fingerprint density at radius 2 is 1.94 bits per heavy atom. The average molecular weight is 293 g/mol. The molecule has 0 N–H and O–H groups in total. The number of pyridine rings is 1. The topological polar surface area (TPSA) is 25.8 Å². The van der Waals surface area contributed by atoms with Gasteiger partial charge < -0.3 is 0 Å². The Morgan fingerprint density at radius 1 is 1.06 bits per heavy atom. The Bertz CT molecular complexity index is 648. The molecule has 18 heavy (non-hydrogen) atoms. The molecular formula is C13H9ClN2S2. The molecule has 0 fully saturated rings. The van der Waals surface area contributed by atoms with Crippen LogP contribution in [0.25, 0.3) is 10.2 Å². The van der Waals surface area contributed by atoms with Gasteiger partial charge in [-0.3, -0.25) is 0 Å². The van der Waals surface area contributed by atoms with E-state index in [1.165, 1.54) is 4.70 Å². The van der Waals surface area contributed by atoms with Crippen LogP contribution in [0.3, 0.4) is 0 Å². The van der Waals surface area contributed by atoms with Gasteiger partial charge in [0.25, 0.3) is 0 Å². The smallest absolute Gasteiger partial charge is 0.151 e. The lowest BCUT2D eigenvalue weighted by atomic mass is 10.3. The summed E-state index contributed by atoms with van der Waals surface area (Å²) in [5.41, 5.74) is 2.04. The first-order valence-corrected chi connectivity index (χ1v) is 7.59. The minimum Gasteiger partial charge on any atom is -0.240 e. The Hall–Kier alpha value is -1.10. The fraction of sp³-hybridized carbons (Fsp3) is 0.0769. The first-order valence-electron chi connectivity index (χ1n) is 5.41. The molecule has 3 aromatic rings. The van der Waals surface area contributed by atoms with E-state index in [0.29, 0.717) is 5.15 Å². The summed E-state index contributed by atoms with van der Waals surface area (Å²) in [4.78, 5) is 8.83. The van der Waals surface area contributed by atoms with Crippen molar-refractivity contribution in [2.75, 3.05) is 0 Å². The Morgan fingerprint density at radius 3 is 2.78 bits per heavy atom. The number of para-hydroxylation sites is 1. The lowest BCUT2D eigenvalue weighted by molar-refractivity contribution is 1.17. The second kappa shape index (κ2) is 5.26. The summed E-state index contributed by atoms with van der Waals surface area (Å²) in [6.45, 7) is 0. The zero-order valence-electron chi connectivity index (χ0n) is 9.34. The van der Waals surface area contributed by atoms with Gasteiger partial charge in [0.1, 0.15) is 5.15 Å². The van der Waals surface area contributed by atoms with Crippen LogP contribution in [0, 0.1) is 0 Å². The molecule has 3 rings (SSSR count). The van der Waals surface area contributed by atoms with Crippen molar-refractivity contribution in [2.24, 2.45) is 0 Å². The Balaban J connectivity index is 1.76. The van der Waals surface area contributed by atoms with E-state index in [-0.39, 0.29) is 0 Å². The maximum Gasteiger partial charge on any atom is 0.151 e. The molecule has 0 spiro atoms. The molecule has 0 saturated carbocycles. The van der Waals surface area contributed by atoms with Gasteiger partial charge in [-0.15, -0.1) is 11.3 Å². The van der Waals surface area contributed by atoms with Gasteiger partial charge in [0, 0.05) is 5.75 Å². The van der Waals surface area contributed by atoms with E-state index in [1.807, 2.05) is 30.3 Å². The number of aromatic nitrogens is 2. The number of nitrogens with zero attached hydrogens (tertiary/aromatic N) is 2. The first-order chi connectivity index (χ1) is 8.81. The molecule has 1 aromatic carbocycles. The summed E-state index contributed by atoms with van der Waals surface area (Å²) in [7, 11) is 0. The van der Waals surface area contributed by atoms with Crippen LogP contribution in [0.5, 0.6) is 0 Å². The van der Waals surface area contributed by atoms with E-state index >= 15 is 0 Å². The summed E-state index contributed by atoms with van der Waals surface area (Å²) >= 11 is 9.26. The van der Waals surface area contributed by atoms with Crippen LogP contribution >= 0.6 is 34.7 Å². The SMILES string of the molecule is Clc1cccc(CSc2nc3ccccc3s2)n1. The monoisotopic (exact) mass is 292 g/mol. The standard InChI is InChI=1S/C13H9ClN2S2/c14-12-7-3-4-9(15-12)8-17-13-16-10-5-1-2-6-11(10)18-13/h1-7H,8H2. The molecule has 90 valence electrons. The van der Waals surface area contributed by atoms with E-state index in [1.54, 1.807) is 29.2 Å². The van der Waals surface area contributed by atoms with Crippen LogP contribution < -0.4 is 0 Å². The van der Waals surface area contributed by atoms with Gasteiger partial charge in [-0.05, 0) is 24.3 Å². The minimum absolute atomic E-state index is 0.539. The van der Waals surface area contributed by atoms with Gasteiger partial charge in [-0.25, -0.2) is 9.97 Å². The highest BCUT2D eigenvalue weighted by atomic mass is 35.5. The van der Waals surface area contributed by atoms with Gasteiger partial charge in [-0.1, -0.05) is 41.6 Å². The summed E-state index contributed by atoms with van der Waals surface area (Å²) < 4.78 is 2.29. The van der Waals surface area contributed by atoms with E-state index in [4.69, 9.17) is 11.6 Å². The van der Waals surface area contributed by atoms with Crippen molar-refractivity contribution in [1.29, 1.82) is 0 Å². The van der Waals surface area contributed by atoms with Crippen molar-refractivity contribution in [1.82, 2.24) is 9.97 Å². The van der Waals surface area contributed by atoms with Crippen molar-refractivity contribution in [3.63, 3.8) is 0 Å². The Labute approximate surface area is 118 Å². The summed E-state index contributed by atoms with van der Waals surface area (Å²) in [5.74, 6) is 0.792. The maximum absolute atomic E-state index is 5.86. The highest BCUT2D eigenvalue weighted by Crippen LogP contribution is 2.31. The third kappa shape index (κ3) is 2.66. The highest BCUT2D eigenvalue weighted by Gasteiger charge is 2.04. The van der Waals surface area contributed by atoms with Gasteiger partial charge in [-0.2, -0.15) is 0 Å². The molecule has 5 heteroatoms. The van der Waals surface area contributed by atoms with E-state index in [2.05, 4.69) is 16.0 Å². The number of benzene rings is 1. The molecule has 0 unspecified atom stereocenters. The number of hydrogen-bond donors (Lipinski definition) is 0. The number of rotatable bonds is 3. The summed E-state index contributed by atoms with van der Waals surface area (Å²) in [5, 5.41) is 0.539. The average Bonchev–Trinajstić information content (AvgIpc) is 2.79. The van der Waals surface area contributed by atoms with Gasteiger partial charge in [0.2, 0.25) is 0 Å². The number of hydrogen-bond acceptors (Lipinski definition) is 4. The molecule has 2 heterocycles. The van der Waals surface area contributed by atoms with Crippen molar-refractivity contribution in [2.45, 2.75) is 10.1 Å². The van der Waals surface area contributed by atoms with Gasteiger partial charge >= 0.3 is 0 Å². The zero-order valence-corrected chi connectivity index (χ0v) is 11.7. The van der Waals surface area contributed by atoms with Crippen molar-refractivity contribution < 1.29 is 0 Å². The predicted octanol–water partition coefficient (Wildman–Crippen LogP) is 4.64. The molecule has 0 bridgehead atoms. The number of thioether (sulfide) groups is 1. The molecule has 0 amide bonds. The zero-order chi connectivity index (χ0) is 12.4. The summed E-state index contributed by atoms with van der Waals surface area (Å²) in [6.07, 6.45) is 0. The lowest BCUT2D eigenvalue weighted by Gasteiger charge is -1.98. The molecule has 0 saturated heterocycles. The molecule has 2 nitrogen and oxygen atoms in total. The summed E-state index contributed by atoms with van der Waals surface area (Å²) in [6, 6.07) is 13.9. The van der Waals surface area contributed by atoms with E-state index in [9.17, 15) is 0 Å². The molecule has 0 aliphatic heterocycles. The van der Waals surface area contributed by atoms with Gasteiger partial charge in [0.15, 0.2) is 4.34 Å². The van der Waals surface area contributed by atoms with Crippen LogP contribution in [0.1, 0.15) is 5.69 Å².